The van der Waals surface area contributed by atoms with Crippen molar-refractivity contribution in [3.05, 3.63) is 42.6 Å². The topological polar surface area (TPSA) is 90.0 Å². The number of aromatic nitrogens is 1. The first-order valence-electron chi connectivity index (χ1n) is 11.7. The summed E-state index contributed by atoms with van der Waals surface area (Å²) in [4.78, 5) is 7.08. The molecular formula is C26H35N3O5S. The summed E-state index contributed by atoms with van der Waals surface area (Å²) in [5.74, 6) is 1.61. The molecule has 0 radical (unpaired) electrons. The van der Waals surface area contributed by atoms with Crippen LogP contribution in [0.2, 0.25) is 0 Å². The predicted molar refractivity (Wildman–Crippen MR) is 139 cm³/mol. The van der Waals surface area contributed by atoms with Gasteiger partial charge in [-0.15, -0.1) is 0 Å². The number of sulfone groups is 1. The number of anilines is 1. The van der Waals surface area contributed by atoms with E-state index in [1.165, 1.54) is 6.20 Å². The molecule has 0 bridgehead atoms. The molecule has 9 heteroatoms. The van der Waals surface area contributed by atoms with Crippen molar-refractivity contribution in [1.82, 2.24) is 9.88 Å². The van der Waals surface area contributed by atoms with E-state index in [-0.39, 0.29) is 15.8 Å². The molecule has 1 heterocycles. The first-order valence-corrected chi connectivity index (χ1v) is 13.2. The van der Waals surface area contributed by atoms with E-state index in [1.807, 2.05) is 0 Å². The van der Waals surface area contributed by atoms with Gasteiger partial charge in [-0.3, -0.25) is 4.98 Å². The second-order valence-electron chi connectivity index (χ2n) is 8.26. The van der Waals surface area contributed by atoms with Crippen molar-refractivity contribution in [2.45, 2.75) is 43.0 Å². The van der Waals surface area contributed by atoms with Crippen molar-refractivity contribution < 1.29 is 22.6 Å². The fourth-order valence-electron chi connectivity index (χ4n) is 3.97. The molecule has 0 aliphatic carbocycles. The Bertz CT molecular complexity index is 1240. The Morgan fingerprint density at radius 1 is 0.971 bits per heavy atom. The molecule has 1 unspecified atom stereocenters. The molecule has 1 aromatic heterocycles. The van der Waals surface area contributed by atoms with E-state index in [9.17, 15) is 8.42 Å². The van der Waals surface area contributed by atoms with Crippen LogP contribution >= 0.6 is 0 Å². The lowest BCUT2D eigenvalue weighted by Crippen LogP contribution is -2.29. The molecule has 190 valence electrons. The monoisotopic (exact) mass is 501 g/mol. The molecule has 3 rings (SSSR count). The number of fused-ring (bicyclic) bond motifs is 1. The van der Waals surface area contributed by atoms with Gasteiger partial charge in [0, 0.05) is 30.2 Å². The molecule has 0 saturated carbocycles. The molecule has 0 saturated heterocycles. The third kappa shape index (κ3) is 5.79. The summed E-state index contributed by atoms with van der Waals surface area (Å²) < 4.78 is 43.6. The summed E-state index contributed by atoms with van der Waals surface area (Å²) in [5, 5.41) is 4.12. The highest BCUT2D eigenvalue weighted by Crippen LogP contribution is 2.39. The minimum absolute atomic E-state index is 0.0131. The summed E-state index contributed by atoms with van der Waals surface area (Å²) in [7, 11) is 0.778. The minimum atomic E-state index is -3.87. The second kappa shape index (κ2) is 11.6. The lowest BCUT2D eigenvalue weighted by molar-refractivity contribution is 0.295. The predicted octanol–water partition coefficient (Wildman–Crippen LogP) is 4.63. The molecule has 0 aliphatic rings. The van der Waals surface area contributed by atoms with Gasteiger partial charge in [-0.1, -0.05) is 13.8 Å². The highest BCUT2D eigenvalue weighted by molar-refractivity contribution is 7.91. The van der Waals surface area contributed by atoms with Crippen molar-refractivity contribution in [3.8, 4) is 17.2 Å². The van der Waals surface area contributed by atoms with Crippen molar-refractivity contribution in [2.24, 2.45) is 0 Å². The summed E-state index contributed by atoms with van der Waals surface area (Å²) in [6.45, 7) is 9.17. The van der Waals surface area contributed by atoms with Gasteiger partial charge >= 0.3 is 0 Å². The van der Waals surface area contributed by atoms with Crippen LogP contribution in [0.5, 0.6) is 17.2 Å². The van der Waals surface area contributed by atoms with Crippen LogP contribution in [-0.2, 0) is 9.84 Å². The number of benzene rings is 2. The van der Waals surface area contributed by atoms with Crippen LogP contribution in [0.4, 0.5) is 5.69 Å². The minimum Gasteiger partial charge on any atom is -0.497 e. The average molecular weight is 502 g/mol. The van der Waals surface area contributed by atoms with Crippen molar-refractivity contribution >= 4 is 26.4 Å². The fraction of sp³-hybridized carbons (Fsp3) is 0.423. The van der Waals surface area contributed by atoms with Gasteiger partial charge in [0.25, 0.3) is 0 Å². The zero-order valence-electron chi connectivity index (χ0n) is 21.3. The Labute approximate surface area is 208 Å². The maximum Gasteiger partial charge on any atom is 0.210 e. The molecular weight excluding hydrogens is 466 g/mol. The van der Waals surface area contributed by atoms with E-state index in [0.29, 0.717) is 33.8 Å². The second-order valence-corrected chi connectivity index (χ2v) is 10.2. The van der Waals surface area contributed by atoms with Crippen LogP contribution in [0.25, 0.3) is 10.9 Å². The Morgan fingerprint density at radius 3 is 2.17 bits per heavy atom. The lowest BCUT2D eigenvalue weighted by atomic mass is 10.1. The lowest BCUT2D eigenvalue weighted by Gasteiger charge is -2.24. The molecule has 1 atom stereocenters. The van der Waals surface area contributed by atoms with Gasteiger partial charge in [-0.25, -0.2) is 8.42 Å². The van der Waals surface area contributed by atoms with Gasteiger partial charge in [-0.2, -0.15) is 0 Å². The van der Waals surface area contributed by atoms with Gasteiger partial charge in [0.1, 0.15) is 10.6 Å². The van der Waals surface area contributed by atoms with Crippen molar-refractivity contribution in [1.29, 1.82) is 0 Å². The Morgan fingerprint density at radius 2 is 1.60 bits per heavy atom. The smallest absolute Gasteiger partial charge is 0.210 e. The molecule has 0 amide bonds. The van der Waals surface area contributed by atoms with Gasteiger partial charge in [0.15, 0.2) is 11.5 Å². The molecule has 2 aromatic carbocycles. The molecule has 0 spiro atoms. The molecule has 8 nitrogen and oxygen atoms in total. The average Bonchev–Trinajstić information content (AvgIpc) is 2.88. The van der Waals surface area contributed by atoms with E-state index in [4.69, 9.17) is 14.2 Å². The summed E-state index contributed by atoms with van der Waals surface area (Å²) in [6, 6.07) is 9.89. The van der Waals surface area contributed by atoms with Crippen LogP contribution < -0.4 is 19.5 Å². The normalized spacial score (nSPS) is 12.5. The summed E-state index contributed by atoms with van der Waals surface area (Å²) >= 11 is 0. The molecule has 0 aliphatic heterocycles. The molecule has 35 heavy (non-hydrogen) atoms. The number of pyridine rings is 1. The van der Waals surface area contributed by atoms with Gasteiger partial charge in [-0.05, 0) is 56.8 Å². The van der Waals surface area contributed by atoms with Crippen LogP contribution in [0, 0.1) is 0 Å². The van der Waals surface area contributed by atoms with Crippen LogP contribution in [0.1, 0.15) is 27.2 Å². The highest BCUT2D eigenvalue weighted by Gasteiger charge is 2.26. The maximum absolute atomic E-state index is 13.7. The standard InChI is InChI=1S/C26H35N3O5S/c1-7-29(8-2)14-13-18(3)28-26-21-15-23(33-5)24(34-6)16-22(21)27-17-25(26)35(30,31)20-11-9-19(32-4)10-12-20/h9-12,15-18H,7-8,13-14H2,1-6H3,(H,27,28). The first-order chi connectivity index (χ1) is 16.8. The van der Waals surface area contributed by atoms with Gasteiger partial charge in [0.05, 0.1) is 37.4 Å². The van der Waals surface area contributed by atoms with E-state index < -0.39 is 9.84 Å². The number of nitrogens with zero attached hydrogens (tertiary/aromatic N) is 2. The van der Waals surface area contributed by atoms with E-state index in [2.05, 4.69) is 36.0 Å². The number of ether oxygens (including phenoxy) is 3. The summed E-state index contributed by atoms with van der Waals surface area (Å²) in [6.07, 6.45) is 2.26. The first kappa shape index (κ1) is 26.6. The van der Waals surface area contributed by atoms with Crippen LogP contribution in [0.3, 0.4) is 0 Å². The molecule has 1 N–H and O–H groups in total. The number of rotatable bonds is 12. The third-order valence-corrected chi connectivity index (χ3v) is 7.94. The highest BCUT2D eigenvalue weighted by atomic mass is 32.2. The summed E-state index contributed by atoms with van der Waals surface area (Å²) in [5.41, 5.74) is 1.11. The van der Waals surface area contributed by atoms with Crippen molar-refractivity contribution in [2.75, 3.05) is 46.3 Å². The zero-order valence-corrected chi connectivity index (χ0v) is 22.1. The fourth-order valence-corrected chi connectivity index (χ4v) is 5.35. The zero-order chi connectivity index (χ0) is 25.6. The van der Waals surface area contributed by atoms with Gasteiger partial charge in [0.2, 0.25) is 9.84 Å². The van der Waals surface area contributed by atoms with Crippen LogP contribution in [-0.4, -0.2) is 65.3 Å². The number of hydrogen-bond donors (Lipinski definition) is 1. The van der Waals surface area contributed by atoms with Crippen LogP contribution in [0.15, 0.2) is 52.4 Å². The van der Waals surface area contributed by atoms with E-state index in [1.54, 1.807) is 57.7 Å². The largest absolute Gasteiger partial charge is 0.497 e. The quantitative estimate of drug-likeness (QED) is 0.384. The third-order valence-electron chi connectivity index (χ3n) is 6.16. The van der Waals surface area contributed by atoms with Gasteiger partial charge < -0.3 is 24.4 Å². The van der Waals surface area contributed by atoms with E-state index >= 15 is 0 Å². The molecule has 3 aromatic rings. The number of methoxy groups -OCH3 is 3. The maximum atomic E-state index is 13.7. The Hall–Kier alpha value is -3.04. The molecule has 0 fully saturated rings. The van der Waals surface area contributed by atoms with E-state index in [0.717, 1.165) is 26.1 Å². The Kier molecular flexibility index (Phi) is 8.80. The Balaban J connectivity index is 2.14. The SMILES string of the molecule is CCN(CC)CCC(C)Nc1c(S(=O)(=O)c2ccc(OC)cc2)cnc2cc(OC)c(OC)cc12. The number of nitrogens with one attached hydrogen (secondary N) is 1. The van der Waals surface area contributed by atoms with Crippen molar-refractivity contribution in [3.63, 3.8) is 0 Å². The number of hydrogen-bond acceptors (Lipinski definition) is 8.